The van der Waals surface area contributed by atoms with Gasteiger partial charge in [0.25, 0.3) is 0 Å². The first kappa shape index (κ1) is 12.6. The van der Waals surface area contributed by atoms with E-state index >= 15 is 0 Å². The van der Waals surface area contributed by atoms with Crippen LogP contribution in [0, 0.1) is 6.92 Å². The Morgan fingerprint density at radius 3 is 1.88 bits per heavy atom. The lowest BCUT2D eigenvalue weighted by molar-refractivity contribution is 1.39. The maximum absolute atomic E-state index is 4.13. The zero-order valence-electron chi connectivity index (χ0n) is 9.43. The predicted octanol–water partition coefficient (Wildman–Crippen LogP) is 4.61. The number of hydrogen-bond acceptors (Lipinski definition) is 1. The Morgan fingerprint density at radius 2 is 1.50 bits per heavy atom. The van der Waals surface area contributed by atoms with E-state index in [0.29, 0.717) is 0 Å². The van der Waals surface area contributed by atoms with Crippen molar-refractivity contribution in [3.63, 3.8) is 0 Å². The fraction of sp³-hybridized carbons (Fsp3) is 0.0667. The van der Waals surface area contributed by atoms with E-state index in [1.54, 1.807) is 0 Å². The Hall–Kier alpha value is -1.47. The second-order valence-electron chi connectivity index (χ2n) is 3.45. The van der Waals surface area contributed by atoms with Gasteiger partial charge in [0, 0.05) is 4.90 Å². The topological polar surface area (TPSA) is 0 Å². The molecule has 2 rings (SSSR count). The van der Waals surface area contributed by atoms with Crippen LogP contribution in [0.3, 0.4) is 0 Å². The second-order valence-corrected chi connectivity index (χ2v) is 3.97. The van der Waals surface area contributed by atoms with Crippen LogP contribution in [-0.2, 0) is 0 Å². The normalized spacial score (nSPS) is 8.88. The first-order chi connectivity index (χ1) is 7.72. The quantitative estimate of drug-likeness (QED) is 0.677. The molecule has 0 saturated carbocycles. The average molecular weight is 228 g/mol. The molecule has 0 saturated heterocycles. The molecule has 0 aliphatic rings. The first-order valence-corrected chi connectivity index (χ1v) is 5.60. The summed E-state index contributed by atoms with van der Waals surface area (Å²) in [6.45, 7) is 5.69. The molecule has 2 aromatic rings. The van der Waals surface area contributed by atoms with E-state index in [9.17, 15) is 0 Å². The van der Waals surface area contributed by atoms with Crippen LogP contribution in [0.15, 0.2) is 66.1 Å². The molecule has 0 nitrogen and oxygen atoms in total. The minimum atomic E-state index is 1.02. The summed E-state index contributed by atoms with van der Waals surface area (Å²) in [5, 5.41) is 0. The summed E-state index contributed by atoms with van der Waals surface area (Å²) in [6, 6.07) is 18.1. The molecule has 0 aliphatic carbocycles. The summed E-state index contributed by atoms with van der Waals surface area (Å²) in [5.74, 6) is 0. The van der Waals surface area contributed by atoms with Crippen LogP contribution in [0.1, 0.15) is 11.1 Å². The van der Waals surface area contributed by atoms with Gasteiger partial charge in [-0.1, -0.05) is 60.7 Å². The fourth-order valence-corrected chi connectivity index (χ4v) is 1.28. The largest absolute Gasteiger partial charge is 0.143 e. The number of thiol groups is 1. The molecule has 0 fully saturated rings. The van der Waals surface area contributed by atoms with Gasteiger partial charge in [0.2, 0.25) is 0 Å². The summed E-state index contributed by atoms with van der Waals surface area (Å²) >= 11 is 4.13. The van der Waals surface area contributed by atoms with E-state index in [1.807, 2.05) is 60.7 Å². The minimum Gasteiger partial charge on any atom is -0.143 e. The van der Waals surface area contributed by atoms with Crippen molar-refractivity contribution in [3.8, 4) is 0 Å². The number of benzene rings is 2. The maximum atomic E-state index is 4.13. The third-order valence-corrected chi connectivity index (χ3v) is 2.37. The van der Waals surface area contributed by atoms with Gasteiger partial charge < -0.3 is 0 Å². The smallest absolute Gasteiger partial charge is 0.00401 e. The molecule has 0 N–H and O–H groups in total. The molecule has 16 heavy (non-hydrogen) atoms. The van der Waals surface area contributed by atoms with Crippen LogP contribution in [0.25, 0.3) is 6.08 Å². The Labute approximate surface area is 103 Å². The van der Waals surface area contributed by atoms with Crippen molar-refractivity contribution >= 4 is 18.7 Å². The molecular formula is C15H16S. The molecule has 1 heteroatoms. The van der Waals surface area contributed by atoms with Gasteiger partial charge in [-0.15, -0.1) is 12.6 Å². The van der Waals surface area contributed by atoms with E-state index in [0.717, 1.165) is 4.90 Å². The summed E-state index contributed by atoms with van der Waals surface area (Å²) in [6.07, 6.45) is 1.83. The summed E-state index contributed by atoms with van der Waals surface area (Å²) < 4.78 is 0. The van der Waals surface area contributed by atoms with Crippen molar-refractivity contribution in [1.82, 2.24) is 0 Å². The molecule has 0 atom stereocenters. The van der Waals surface area contributed by atoms with Crippen molar-refractivity contribution in [2.24, 2.45) is 0 Å². The number of rotatable bonds is 1. The molecule has 0 aliphatic heterocycles. The minimum absolute atomic E-state index is 1.02. The molecule has 0 spiro atoms. The van der Waals surface area contributed by atoms with Crippen molar-refractivity contribution < 1.29 is 0 Å². The van der Waals surface area contributed by atoms with Gasteiger partial charge >= 0.3 is 0 Å². The zero-order chi connectivity index (χ0) is 11.8. The molecule has 0 bridgehead atoms. The molecule has 0 aromatic heterocycles. The molecule has 0 radical (unpaired) electrons. The Kier molecular flexibility index (Phi) is 5.44. The molecule has 82 valence electrons. The van der Waals surface area contributed by atoms with Gasteiger partial charge in [-0.3, -0.25) is 0 Å². The van der Waals surface area contributed by atoms with Gasteiger partial charge in [-0.05, 0) is 24.6 Å². The highest BCUT2D eigenvalue weighted by atomic mass is 32.1. The van der Waals surface area contributed by atoms with E-state index in [4.69, 9.17) is 0 Å². The Balaban J connectivity index is 0.000000160. The molecule has 0 unspecified atom stereocenters. The molecule has 0 heterocycles. The third-order valence-electron chi connectivity index (χ3n) is 2.07. The SMILES string of the molecule is C=Cc1ccccc1.Cc1ccc(S)cc1. The van der Waals surface area contributed by atoms with Crippen molar-refractivity contribution in [3.05, 3.63) is 72.3 Å². The number of aryl methyl sites for hydroxylation is 1. The highest BCUT2D eigenvalue weighted by Gasteiger charge is 1.80. The molecule has 2 aromatic carbocycles. The lowest BCUT2D eigenvalue weighted by Crippen LogP contribution is -1.67. The maximum Gasteiger partial charge on any atom is 0.00401 e. The van der Waals surface area contributed by atoms with E-state index < -0.39 is 0 Å². The Morgan fingerprint density at radius 1 is 0.938 bits per heavy atom. The van der Waals surface area contributed by atoms with E-state index in [2.05, 4.69) is 26.1 Å². The third kappa shape index (κ3) is 4.85. The van der Waals surface area contributed by atoms with Gasteiger partial charge in [-0.25, -0.2) is 0 Å². The van der Waals surface area contributed by atoms with Gasteiger partial charge in [0.15, 0.2) is 0 Å². The Bertz CT molecular complexity index is 394. The summed E-state index contributed by atoms with van der Waals surface area (Å²) in [4.78, 5) is 1.02. The highest BCUT2D eigenvalue weighted by molar-refractivity contribution is 7.80. The van der Waals surface area contributed by atoms with E-state index in [-0.39, 0.29) is 0 Å². The average Bonchev–Trinajstić information content (AvgIpc) is 2.35. The van der Waals surface area contributed by atoms with Crippen LogP contribution in [-0.4, -0.2) is 0 Å². The van der Waals surface area contributed by atoms with E-state index in [1.165, 1.54) is 11.1 Å². The van der Waals surface area contributed by atoms with Gasteiger partial charge in [0.1, 0.15) is 0 Å². The van der Waals surface area contributed by atoms with Crippen LogP contribution < -0.4 is 0 Å². The number of hydrogen-bond donors (Lipinski definition) is 1. The zero-order valence-corrected chi connectivity index (χ0v) is 10.3. The van der Waals surface area contributed by atoms with Crippen LogP contribution in [0.4, 0.5) is 0 Å². The molecular weight excluding hydrogens is 212 g/mol. The summed E-state index contributed by atoms with van der Waals surface area (Å²) in [5.41, 5.74) is 2.45. The summed E-state index contributed by atoms with van der Waals surface area (Å²) in [7, 11) is 0. The lowest BCUT2D eigenvalue weighted by Gasteiger charge is -1.89. The van der Waals surface area contributed by atoms with Gasteiger partial charge in [-0.2, -0.15) is 0 Å². The van der Waals surface area contributed by atoms with Crippen molar-refractivity contribution in [1.29, 1.82) is 0 Å². The fourth-order valence-electron chi connectivity index (χ4n) is 1.13. The van der Waals surface area contributed by atoms with Gasteiger partial charge in [0.05, 0.1) is 0 Å². The highest BCUT2D eigenvalue weighted by Crippen LogP contribution is 2.05. The lowest BCUT2D eigenvalue weighted by atomic mass is 10.2. The van der Waals surface area contributed by atoms with Crippen LogP contribution in [0.5, 0.6) is 0 Å². The standard InChI is InChI=1S/C8H8.C7H8S/c1-2-8-6-4-3-5-7-8;1-6-2-4-7(8)5-3-6/h2-7H,1H2;2-5,8H,1H3. The van der Waals surface area contributed by atoms with Crippen LogP contribution in [0.2, 0.25) is 0 Å². The van der Waals surface area contributed by atoms with Crippen molar-refractivity contribution in [2.45, 2.75) is 11.8 Å². The monoisotopic (exact) mass is 228 g/mol. The molecule has 0 amide bonds. The van der Waals surface area contributed by atoms with Crippen molar-refractivity contribution in [2.75, 3.05) is 0 Å². The second kappa shape index (κ2) is 6.91. The van der Waals surface area contributed by atoms with Crippen LogP contribution >= 0.6 is 12.6 Å². The predicted molar refractivity (Wildman–Crippen MR) is 75.0 cm³/mol. The first-order valence-electron chi connectivity index (χ1n) is 5.15.